The minimum atomic E-state index is 0.110. The molecule has 0 aromatic rings. The highest BCUT2D eigenvalue weighted by Gasteiger charge is 2.47. The molecule has 0 aromatic carbocycles. The zero-order valence-corrected chi connectivity index (χ0v) is 10.5. The molecule has 2 fully saturated rings. The van der Waals surface area contributed by atoms with E-state index < -0.39 is 0 Å². The number of nitrogens with zero attached hydrogens (tertiary/aromatic N) is 2. The van der Waals surface area contributed by atoms with E-state index in [-0.39, 0.29) is 5.54 Å². The molecule has 0 amide bonds. The Bertz CT molecular complexity index is 302. The standard InChI is InChI=1S/C13H23N3O/c14-12-15-9-13(7-8-17-10-13)16(12)11-5-3-1-2-4-6-11/h11H,1-10H2,(H2,14,15). The Labute approximate surface area is 103 Å². The van der Waals surface area contributed by atoms with E-state index in [9.17, 15) is 0 Å². The molecular formula is C13H23N3O. The molecule has 0 bridgehead atoms. The second kappa shape index (κ2) is 4.48. The molecule has 0 aromatic heterocycles. The van der Waals surface area contributed by atoms with Crippen LogP contribution in [0.25, 0.3) is 0 Å². The van der Waals surface area contributed by atoms with Gasteiger partial charge in [-0.2, -0.15) is 0 Å². The van der Waals surface area contributed by atoms with Crippen LogP contribution in [0.5, 0.6) is 0 Å². The van der Waals surface area contributed by atoms with E-state index >= 15 is 0 Å². The van der Waals surface area contributed by atoms with Gasteiger partial charge in [-0.05, 0) is 19.3 Å². The van der Waals surface area contributed by atoms with Crippen molar-refractivity contribution in [2.24, 2.45) is 10.7 Å². The van der Waals surface area contributed by atoms with Crippen molar-refractivity contribution in [3.8, 4) is 0 Å². The monoisotopic (exact) mass is 237 g/mol. The number of aliphatic imine (C=N–C) groups is 1. The maximum absolute atomic E-state index is 6.14. The topological polar surface area (TPSA) is 50.9 Å². The molecule has 1 aliphatic carbocycles. The summed E-state index contributed by atoms with van der Waals surface area (Å²) in [7, 11) is 0. The highest BCUT2D eigenvalue weighted by Crippen LogP contribution is 2.36. The number of rotatable bonds is 1. The van der Waals surface area contributed by atoms with Crippen molar-refractivity contribution < 1.29 is 4.74 Å². The second-order valence-electron chi connectivity index (χ2n) is 5.72. The van der Waals surface area contributed by atoms with Gasteiger partial charge in [0.2, 0.25) is 0 Å². The number of ether oxygens (including phenoxy) is 1. The number of hydrogen-bond donors (Lipinski definition) is 1. The van der Waals surface area contributed by atoms with Crippen molar-refractivity contribution in [2.75, 3.05) is 19.8 Å². The summed E-state index contributed by atoms with van der Waals surface area (Å²) in [4.78, 5) is 6.92. The zero-order valence-electron chi connectivity index (χ0n) is 10.5. The fraction of sp³-hybridized carbons (Fsp3) is 0.923. The van der Waals surface area contributed by atoms with Gasteiger partial charge >= 0.3 is 0 Å². The van der Waals surface area contributed by atoms with E-state index in [2.05, 4.69) is 9.89 Å². The minimum absolute atomic E-state index is 0.110. The van der Waals surface area contributed by atoms with E-state index in [1.165, 1.54) is 38.5 Å². The van der Waals surface area contributed by atoms with Crippen molar-refractivity contribution in [1.29, 1.82) is 0 Å². The maximum Gasteiger partial charge on any atom is 0.192 e. The molecule has 3 rings (SSSR count). The third-order valence-electron chi connectivity index (χ3n) is 4.57. The SMILES string of the molecule is NC1=NCC2(CCOC2)N1C1CCCCCC1. The van der Waals surface area contributed by atoms with E-state index in [1.807, 2.05) is 0 Å². The fourth-order valence-electron chi connectivity index (χ4n) is 3.63. The van der Waals surface area contributed by atoms with Crippen LogP contribution in [0.2, 0.25) is 0 Å². The van der Waals surface area contributed by atoms with Crippen LogP contribution in [-0.4, -0.2) is 42.2 Å². The van der Waals surface area contributed by atoms with E-state index in [0.717, 1.165) is 32.1 Å². The van der Waals surface area contributed by atoms with Gasteiger partial charge in [-0.1, -0.05) is 25.7 Å². The van der Waals surface area contributed by atoms with Crippen molar-refractivity contribution >= 4 is 5.96 Å². The summed E-state index contributed by atoms with van der Waals surface area (Å²) < 4.78 is 5.61. The Hall–Kier alpha value is -0.770. The average Bonchev–Trinajstić information content (AvgIpc) is 2.81. The van der Waals surface area contributed by atoms with Crippen LogP contribution in [0.1, 0.15) is 44.9 Å². The normalized spacial score (nSPS) is 35.3. The summed E-state index contributed by atoms with van der Waals surface area (Å²) >= 11 is 0. The predicted molar refractivity (Wildman–Crippen MR) is 68.0 cm³/mol. The van der Waals surface area contributed by atoms with Crippen LogP contribution >= 0.6 is 0 Å². The van der Waals surface area contributed by atoms with Crippen molar-refractivity contribution in [3.63, 3.8) is 0 Å². The van der Waals surface area contributed by atoms with Gasteiger partial charge in [0.05, 0.1) is 18.7 Å². The first kappa shape index (κ1) is 11.3. The Morgan fingerprint density at radius 1 is 1.24 bits per heavy atom. The Morgan fingerprint density at radius 2 is 2.00 bits per heavy atom. The Kier molecular flexibility index (Phi) is 2.99. The molecule has 2 aliphatic heterocycles. The maximum atomic E-state index is 6.14. The third-order valence-corrected chi connectivity index (χ3v) is 4.57. The van der Waals surface area contributed by atoms with Gasteiger partial charge in [-0.3, -0.25) is 4.99 Å². The lowest BCUT2D eigenvalue weighted by molar-refractivity contribution is 0.102. The van der Waals surface area contributed by atoms with Crippen LogP contribution in [0.4, 0.5) is 0 Å². The first-order valence-corrected chi connectivity index (χ1v) is 6.99. The van der Waals surface area contributed by atoms with E-state index in [4.69, 9.17) is 10.5 Å². The van der Waals surface area contributed by atoms with Gasteiger partial charge in [0, 0.05) is 12.6 Å². The zero-order chi connectivity index (χ0) is 11.7. The summed E-state index contributed by atoms with van der Waals surface area (Å²) in [5, 5.41) is 0. The lowest BCUT2D eigenvalue weighted by Crippen LogP contribution is -2.56. The molecule has 4 heteroatoms. The smallest absolute Gasteiger partial charge is 0.192 e. The molecule has 1 saturated carbocycles. The molecule has 1 atom stereocenters. The predicted octanol–water partition coefficient (Wildman–Crippen LogP) is 1.50. The van der Waals surface area contributed by atoms with Gasteiger partial charge in [-0.25, -0.2) is 0 Å². The molecule has 1 saturated heterocycles. The van der Waals surface area contributed by atoms with Crippen LogP contribution < -0.4 is 5.73 Å². The molecule has 2 heterocycles. The van der Waals surface area contributed by atoms with Crippen LogP contribution in [0.3, 0.4) is 0 Å². The van der Waals surface area contributed by atoms with Crippen LogP contribution in [0, 0.1) is 0 Å². The third kappa shape index (κ3) is 1.92. The van der Waals surface area contributed by atoms with Crippen molar-refractivity contribution in [1.82, 2.24) is 4.90 Å². The largest absolute Gasteiger partial charge is 0.379 e. The average molecular weight is 237 g/mol. The molecule has 17 heavy (non-hydrogen) atoms. The molecule has 1 spiro atoms. The van der Waals surface area contributed by atoms with Crippen LogP contribution in [0.15, 0.2) is 4.99 Å². The summed E-state index contributed by atoms with van der Waals surface area (Å²) in [5.74, 6) is 0.766. The Morgan fingerprint density at radius 3 is 2.65 bits per heavy atom. The summed E-state index contributed by atoms with van der Waals surface area (Å²) in [5.41, 5.74) is 6.25. The molecule has 4 nitrogen and oxygen atoms in total. The van der Waals surface area contributed by atoms with Gasteiger partial charge in [0.25, 0.3) is 0 Å². The highest BCUT2D eigenvalue weighted by molar-refractivity contribution is 5.81. The van der Waals surface area contributed by atoms with E-state index in [1.54, 1.807) is 0 Å². The number of hydrogen-bond acceptors (Lipinski definition) is 4. The molecule has 1 unspecified atom stereocenters. The lowest BCUT2D eigenvalue weighted by Gasteiger charge is -2.40. The highest BCUT2D eigenvalue weighted by atomic mass is 16.5. The molecule has 2 N–H and O–H groups in total. The number of nitrogens with two attached hydrogens (primary N) is 1. The van der Waals surface area contributed by atoms with Gasteiger partial charge < -0.3 is 15.4 Å². The lowest BCUT2D eigenvalue weighted by atomic mass is 9.93. The summed E-state index contributed by atoms with van der Waals surface area (Å²) in [6.45, 7) is 2.52. The van der Waals surface area contributed by atoms with Crippen LogP contribution in [-0.2, 0) is 4.74 Å². The second-order valence-corrected chi connectivity index (χ2v) is 5.72. The summed E-state index contributed by atoms with van der Waals surface area (Å²) in [6, 6.07) is 0.602. The quantitative estimate of drug-likeness (QED) is 0.703. The number of guanidine groups is 1. The fourth-order valence-corrected chi connectivity index (χ4v) is 3.63. The van der Waals surface area contributed by atoms with Gasteiger partial charge in [0.1, 0.15) is 0 Å². The molecule has 0 radical (unpaired) electrons. The van der Waals surface area contributed by atoms with Gasteiger partial charge in [0.15, 0.2) is 5.96 Å². The first-order chi connectivity index (χ1) is 8.32. The van der Waals surface area contributed by atoms with Crippen molar-refractivity contribution in [2.45, 2.75) is 56.5 Å². The first-order valence-electron chi connectivity index (χ1n) is 6.99. The van der Waals surface area contributed by atoms with E-state index in [0.29, 0.717) is 6.04 Å². The Balaban J connectivity index is 1.80. The van der Waals surface area contributed by atoms with Crippen molar-refractivity contribution in [3.05, 3.63) is 0 Å². The summed E-state index contributed by atoms with van der Waals surface area (Å²) in [6.07, 6.45) is 9.08. The molecular weight excluding hydrogens is 214 g/mol. The molecule has 96 valence electrons. The molecule has 3 aliphatic rings. The minimum Gasteiger partial charge on any atom is -0.379 e. The van der Waals surface area contributed by atoms with Gasteiger partial charge in [-0.15, -0.1) is 0 Å².